The van der Waals surface area contributed by atoms with Crippen LogP contribution in [0.1, 0.15) is 38.8 Å². The molecule has 0 spiro atoms. The van der Waals surface area contributed by atoms with Crippen molar-refractivity contribution in [1.29, 1.82) is 10.5 Å². The summed E-state index contributed by atoms with van der Waals surface area (Å²) in [5.74, 6) is -1.59. The van der Waals surface area contributed by atoms with E-state index in [0.717, 1.165) is 11.3 Å². The Balaban J connectivity index is 1.67. The summed E-state index contributed by atoms with van der Waals surface area (Å²) in [6.07, 6.45) is 3.29. The third-order valence-electron chi connectivity index (χ3n) is 8.61. The predicted octanol–water partition coefficient (Wildman–Crippen LogP) is 5.29. The molecule has 2 aromatic carbocycles. The number of non-ortho nitro benzene ring substituents is 1. The molecule has 0 saturated carbocycles. The van der Waals surface area contributed by atoms with Crippen LogP contribution in [0.15, 0.2) is 71.0 Å². The minimum absolute atomic E-state index is 0.0305. The van der Waals surface area contributed by atoms with E-state index in [4.69, 9.17) is 0 Å². The van der Waals surface area contributed by atoms with Crippen LogP contribution in [0.2, 0.25) is 0 Å². The fourth-order valence-electron chi connectivity index (χ4n) is 6.45. The van der Waals surface area contributed by atoms with E-state index in [-0.39, 0.29) is 33.9 Å². The number of fused-ring (bicyclic) bond motifs is 2. The lowest BCUT2D eigenvalue weighted by Crippen LogP contribution is -2.33. The second-order valence-electron chi connectivity index (χ2n) is 11.6. The van der Waals surface area contributed by atoms with Gasteiger partial charge in [-0.1, -0.05) is 13.8 Å². The number of carbonyl (C=O) groups is 1. The molecule has 42 heavy (non-hydrogen) atoms. The van der Waals surface area contributed by atoms with Crippen molar-refractivity contribution >= 4 is 34.2 Å². The molecule has 0 amide bonds. The monoisotopic (exact) mass is 563 g/mol. The number of nitro benzene ring substituents is 2. The smallest absolute Gasteiger partial charge is 0.280 e. The summed E-state index contributed by atoms with van der Waals surface area (Å²) in [5, 5.41) is 42.9. The Hall–Kier alpha value is -5.42. The molecule has 2 aromatic rings. The molecule has 1 aliphatic carbocycles. The Labute approximate surface area is 241 Å². The highest BCUT2D eigenvalue weighted by Crippen LogP contribution is 2.50. The van der Waals surface area contributed by atoms with E-state index in [1.807, 2.05) is 44.7 Å². The number of nitro groups is 2. The van der Waals surface area contributed by atoms with E-state index < -0.39 is 26.6 Å². The highest BCUT2D eigenvalue weighted by molar-refractivity contribution is 6.25. The minimum Gasteiger partial charge on any atom is -0.347 e. The Kier molecular flexibility index (Phi) is 6.24. The van der Waals surface area contributed by atoms with Gasteiger partial charge in [0, 0.05) is 70.9 Å². The van der Waals surface area contributed by atoms with E-state index in [2.05, 4.69) is 0 Å². The van der Waals surface area contributed by atoms with Crippen LogP contribution in [0.25, 0.3) is 0 Å². The molecular formula is C31H27N6O5+. The van der Waals surface area contributed by atoms with Crippen LogP contribution in [-0.4, -0.2) is 40.0 Å². The molecule has 0 N–H and O–H groups in total. The van der Waals surface area contributed by atoms with Crippen molar-refractivity contribution in [1.82, 2.24) is 0 Å². The summed E-state index contributed by atoms with van der Waals surface area (Å²) in [4.78, 5) is 38.0. The van der Waals surface area contributed by atoms with Gasteiger partial charge >= 0.3 is 0 Å². The molecule has 2 heterocycles. The Morgan fingerprint density at radius 2 is 1.67 bits per heavy atom. The number of allylic oxidation sites excluding steroid dienone is 6. The van der Waals surface area contributed by atoms with Gasteiger partial charge in [0.25, 0.3) is 11.4 Å². The van der Waals surface area contributed by atoms with Crippen molar-refractivity contribution < 1.29 is 19.2 Å². The van der Waals surface area contributed by atoms with Crippen molar-refractivity contribution in [2.75, 3.05) is 19.0 Å². The van der Waals surface area contributed by atoms with Crippen LogP contribution in [0.3, 0.4) is 0 Å². The van der Waals surface area contributed by atoms with Gasteiger partial charge in [-0.05, 0) is 37.6 Å². The number of hydrogen-bond acceptors (Lipinski definition) is 8. The molecule has 0 fully saturated rings. The van der Waals surface area contributed by atoms with Gasteiger partial charge in [-0.3, -0.25) is 25.0 Å². The van der Waals surface area contributed by atoms with Crippen molar-refractivity contribution in [2.24, 2.45) is 5.92 Å². The second-order valence-corrected chi connectivity index (χ2v) is 11.6. The standard InChI is InChI=1S/C31H27N6O5/c1-30(2)21-12-18(36(39)40)10-11-22(21)34(5)25(30)13-19-27(17(15-32)16-33)20(29(19)38)14-26-31(3,4)28-23(35(26)6)8-7-9-24(28)37(41)42/h7-14,17H,1-6H3/q+1. The summed E-state index contributed by atoms with van der Waals surface area (Å²) < 4.78 is 1.79. The number of likely N-dealkylation sites (N-methyl/N-ethyl adjacent to an activating group) is 1. The maximum Gasteiger partial charge on any atom is 0.280 e. The Morgan fingerprint density at radius 1 is 1.00 bits per heavy atom. The van der Waals surface area contributed by atoms with Crippen LogP contribution in [-0.2, 0) is 15.6 Å². The second kappa shape index (κ2) is 9.32. The molecule has 0 unspecified atom stereocenters. The van der Waals surface area contributed by atoms with Crippen molar-refractivity contribution in [3.63, 3.8) is 0 Å². The first kappa shape index (κ1) is 28.1. The summed E-state index contributed by atoms with van der Waals surface area (Å²) in [7, 11) is 3.56. The van der Waals surface area contributed by atoms with Crippen molar-refractivity contribution in [3.05, 3.63) is 102 Å². The normalized spacial score (nSPS) is 20.0. The van der Waals surface area contributed by atoms with Gasteiger partial charge in [-0.2, -0.15) is 15.1 Å². The number of nitriles is 2. The molecule has 11 heteroatoms. The average Bonchev–Trinajstić information content (AvgIpc) is 3.26. The zero-order chi connectivity index (χ0) is 30.9. The highest BCUT2D eigenvalue weighted by Gasteiger charge is 2.50. The van der Waals surface area contributed by atoms with Gasteiger partial charge in [-0.25, -0.2) is 0 Å². The fourth-order valence-corrected chi connectivity index (χ4v) is 6.45. The maximum atomic E-state index is 13.7. The maximum absolute atomic E-state index is 13.7. The van der Waals surface area contributed by atoms with Crippen LogP contribution < -0.4 is 4.90 Å². The number of carbonyl (C=O) groups excluding carboxylic acids is 1. The average molecular weight is 564 g/mol. The van der Waals surface area contributed by atoms with Gasteiger partial charge in [0.15, 0.2) is 17.4 Å². The number of nitrogens with zero attached hydrogens (tertiary/aromatic N) is 6. The predicted molar refractivity (Wildman–Crippen MR) is 154 cm³/mol. The molecule has 0 bridgehead atoms. The Bertz CT molecular complexity index is 1850. The SMILES string of the molecule is CN1/C(=C/C2=C(C(C#N)C#N)C(=C/C3=[N+](C)c4cccc([N+](=O)[O-])c4C3(C)C)/C2=O)C(C)(C)c2cc([N+](=O)[O-])ccc21. The number of benzene rings is 2. The van der Waals surface area contributed by atoms with Crippen LogP contribution >= 0.6 is 0 Å². The summed E-state index contributed by atoms with van der Waals surface area (Å²) in [6.45, 7) is 7.46. The number of anilines is 1. The number of ketones is 1. The highest BCUT2D eigenvalue weighted by atomic mass is 16.6. The fraction of sp³-hybridized carbons (Fsp3) is 0.290. The first-order chi connectivity index (χ1) is 19.7. The first-order valence-corrected chi connectivity index (χ1v) is 13.1. The molecule has 0 atom stereocenters. The van der Waals surface area contributed by atoms with E-state index in [0.29, 0.717) is 22.7 Å². The topological polar surface area (TPSA) is 157 Å². The van der Waals surface area contributed by atoms with E-state index in [1.54, 1.807) is 49.0 Å². The lowest BCUT2D eigenvalue weighted by Gasteiger charge is -2.29. The largest absolute Gasteiger partial charge is 0.347 e. The molecule has 0 saturated heterocycles. The lowest BCUT2D eigenvalue weighted by atomic mass is 9.71. The van der Waals surface area contributed by atoms with Crippen LogP contribution in [0.5, 0.6) is 0 Å². The van der Waals surface area contributed by atoms with Gasteiger partial charge in [0.05, 0.1) is 27.4 Å². The molecule has 11 nitrogen and oxygen atoms in total. The van der Waals surface area contributed by atoms with Gasteiger partial charge < -0.3 is 4.90 Å². The molecule has 0 aromatic heterocycles. The molecule has 3 aliphatic rings. The van der Waals surface area contributed by atoms with Gasteiger partial charge in [0.1, 0.15) is 12.6 Å². The van der Waals surface area contributed by atoms with E-state index >= 15 is 0 Å². The molecular weight excluding hydrogens is 536 g/mol. The van der Waals surface area contributed by atoms with Crippen LogP contribution in [0.4, 0.5) is 22.7 Å². The minimum atomic E-state index is -1.23. The zero-order valence-electron chi connectivity index (χ0n) is 23.9. The van der Waals surface area contributed by atoms with Crippen molar-refractivity contribution in [3.8, 4) is 12.1 Å². The molecule has 2 aliphatic heterocycles. The summed E-state index contributed by atoms with van der Waals surface area (Å²) in [6, 6.07) is 13.4. The molecule has 5 rings (SSSR count). The first-order valence-electron chi connectivity index (χ1n) is 13.1. The van der Waals surface area contributed by atoms with E-state index in [1.165, 1.54) is 18.2 Å². The van der Waals surface area contributed by atoms with Crippen LogP contribution in [0, 0.1) is 48.8 Å². The third-order valence-corrected chi connectivity index (χ3v) is 8.61. The van der Waals surface area contributed by atoms with E-state index in [9.17, 15) is 35.5 Å². The summed E-state index contributed by atoms with van der Waals surface area (Å²) >= 11 is 0. The van der Waals surface area contributed by atoms with Gasteiger partial charge in [-0.15, -0.1) is 0 Å². The summed E-state index contributed by atoms with van der Waals surface area (Å²) in [5.41, 5.74) is 2.99. The lowest BCUT2D eigenvalue weighted by molar-refractivity contribution is -0.404. The number of hydrogen-bond donors (Lipinski definition) is 0. The molecule has 0 radical (unpaired) electrons. The van der Waals surface area contributed by atoms with Gasteiger partial charge in [0.2, 0.25) is 5.69 Å². The zero-order valence-corrected chi connectivity index (χ0v) is 23.9. The number of rotatable bonds is 5. The Morgan fingerprint density at radius 3 is 2.26 bits per heavy atom. The van der Waals surface area contributed by atoms with Crippen molar-refractivity contribution in [2.45, 2.75) is 38.5 Å². The quantitative estimate of drug-likeness (QED) is 0.205. The third kappa shape index (κ3) is 3.78. The number of Topliss-reactive ketones (excluding diaryl/α,β-unsaturated/α-hetero) is 1. The molecule has 210 valence electrons.